The molecule has 2 rings (SSSR count). The van der Waals surface area contributed by atoms with Crippen molar-refractivity contribution in [1.82, 2.24) is 5.32 Å². The Morgan fingerprint density at radius 2 is 2.20 bits per heavy atom. The molecule has 1 fully saturated rings. The molecule has 0 aliphatic carbocycles. The number of ether oxygens (including phenoxy) is 2. The lowest BCUT2D eigenvalue weighted by Gasteiger charge is -2.31. The second kappa shape index (κ2) is 6.83. The fourth-order valence-corrected chi connectivity index (χ4v) is 2.55. The van der Waals surface area contributed by atoms with Crippen LogP contribution in [-0.2, 0) is 20.9 Å². The summed E-state index contributed by atoms with van der Waals surface area (Å²) in [6, 6.07) is 9.72. The molecule has 1 aromatic rings. The van der Waals surface area contributed by atoms with Crippen LogP contribution in [0.4, 0.5) is 0 Å². The zero-order valence-electron chi connectivity index (χ0n) is 11.7. The predicted octanol–water partition coefficient (Wildman–Crippen LogP) is 0.859. The van der Waals surface area contributed by atoms with Crippen molar-refractivity contribution >= 4 is 5.97 Å². The first-order valence-corrected chi connectivity index (χ1v) is 6.82. The van der Waals surface area contributed by atoms with Crippen LogP contribution in [0.2, 0.25) is 0 Å². The van der Waals surface area contributed by atoms with Gasteiger partial charge in [-0.1, -0.05) is 30.3 Å². The molecule has 0 aromatic heterocycles. The van der Waals surface area contributed by atoms with Crippen LogP contribution in [0.3, 0.4) is 0 Å². The molecule has 1 heterocycles. The summed E-state index contributed by atoms with van der Waals surface area (Å²) in [5.41, 5.74) is 0.0111. The Bertz CT molecular complexity index is 429. The molecule has 110 valence electrons. The number of nitrogens with one attached hydrogen (secondary N) is 1. The third-order valence-corrected chi connectivity index (χ3v) is 3.69. The van der Waals surface area contributed by atoms with E-state index in [2.05, 4.69) is 5.32 Å². The molecule has 5 nitrogen and oxygen atoms in total. The van der Waals surface area contributed by atoms with Crippen molar-refractivity contribution in [2.75, 3.05) is 20.3 Å². The Balaban J connectivity index is 1.89. The van der Waals surface area contributed by atoms with E-state index in [1.807, 2.05) is 30.3 Å². The van der Waals surface area contributed by atoms with Gasteiger partial charge in [0.25, 0.3) is 0 Å². The van der Waals surface area contributed by atoms with Crippen molar-refractivity contribution < 1.29 is 19.4 Å². The van der Waals surface area contributed by atoms with E-state index in [4.69, 9.17) is 9.47 Å². The number of hydrogen-bond donors (Lipinski definition) is 2. The minimum Gasteiger partial charge on any atom is -0.468 e. The number of aliphatic hydroxyl groups excluding tert-OH is 1. The monoisotopic (exact) mass is 279 g/mol. The summed E-state index contributed by atoms with van der Waals surface area (Å²) in [7, 11) is 1.33. The minimum absolute atomic E-state index is 0.0942. The van der Waals surface area contributed by atoms with E-state index >= 15 is 0 Å². The lowest BCUT2D eigenvalue weighted by Crippen LogP contribution is -2.58. The van der Waals surface area contributed by atoms with Gasteiger partial charge < -0.3 is 14.6 Å². The summed E-state index contributed by atoms with van der Waals surface area (Å²) in [5.74, 6) is -0.425. The van der Waals surface area contributed by atoms with Crippen molar-refractivity contribution in [3.63, 3.8) is 0 Å². The number of methoxy groups -OCH3 is 1. The first-order chi connectivity index (χ1) is 9.69. The molecule has 1 aliphatic heterocycles. The maximum absolute atomic E-state index is 11.9. The molecule has 1 aliphatic rings. The van der Waals surface area contributed by atoms with Gasteiger partial charge in [0.1, 0.15) is 11.6 Å². The molecule has 1 saturated heterocycles. The summed E-state index contributed by atoms with van der Waals surface area (Å²) in [6.45, 7) is 1.21. The van der Waals surface area contributed by atoms with Gasteiger partial charge in [-0.3, -0.25) is 5.32 Å². The molecule has 0 radical (unpaired) electrons. The van der Waals surface area contributed by atoms with Crippen LogP contribution >= 0.6 is 0 Å². The molecule has 2 N–H and O–H groups in total. The van der Waals surface area contributed by atoms with E-state index in [0.717, 1.165) is 12.0 Å². The highest BCUT2D eigenvalue weighted by molar-refractivity contribution is 5.82. The largest absolute Gasteiger partial charge is 0.468 e. The third kappa shape index (κ3) is 3.17. The van der Waals surface area contributed by atoms with Crippen LogP contribution in [0.1, 0.15) is 18.4 Å². The minimum atomic E-state index is -1.02. The molecule has 0 amide bonds. The first-order valence-electron chi connectivity index (χ1n) is 6.82. The maximum Gasteiger partial charge on any atom is 0.328 e. The van der Waals surface area contributed by atoms with Gasteiger partial charge in [-0.05, 0) is 24.9 Å². The van der Waals surface area contributed by atoms with Gasteiger partial charge in [0.2, 0.25) is 0 Å². The van der Waals surface area contributed by atoms with Gasteiger partial charge in [0.05, 0.1) is 20.3 Å². The number of benzene rings is 1. The summed E-state index contributed by atoms with van der Waals surface area (Å²) in [4.78, 5) is 11.9. The average Bonchev–Trinajstić information content (AvgIpc) is 2.98. The van der Waals surface area contributed by atoms with Crippen molar-refractivity contribution in [1.29, 1.82) is 0 Å². The van der Waals surface area contributed by atoms with Crippen LogP contribution in [0.15, 0.2) is 30.3 Å². The number of hydrogen-bond acceptors (Lipinski definition) is 5. The van der Waals surface area contributed by atoms with Gasteiger partial charge in [0.15, 0.2) is 0 Å². The van der Waals surface area contributed by atoms with E-state index < -0.39 is 17.6 Å². The standard InChI is InChI=1S/C15H21NO4/c1-19-14(18)15(8-5-9-16-15)13(17)11-20-10-12-6-3-2-4-7-12/h2-4,6-7,13,16-17H,5,8-11H2,1H3. The smallest absolute Gasteiger partial charge is 0.328 e. The Labute approximate surface area is 118 Å². The van der Waals surface area contributed by atoms with Crippen molar-refractivity contribution in [3.05, 3.63) is 35.9 Å². The van der Waals surface area contributed by atoms with Crippen LogP contribution in [-0.4, -0.2) is 43.0 Å². The van der Waals surface area contributed by atoms with Crippen LogP contribution in [0.5, 0.6) is 0 Å². The number of carbonyl (C=O) groups excluding carboxylic acids is 1. The zero-order chi connectivity index (χ0) is 14.4. The molecule has 0 spiro atoms. The summed E-state index contributed by atoms with van der Waals surface area (Å²) >= 11 is 0. The van der Waals surface area contributed by atoms with Crippen molar-refractivity contribution in [3.8, 4) is 0 Å². The number of rotatable bonds is 6. The van der Waals surface area contributed by atoms with E-state index in [1.54, 1.807) is 0 Å². The third-order valence-electron chi connectivity index (χ3n) is 3.69. The van der Waals surface area contributed by atoms with E-state index in [-0.39, 0.29) is 6.61 Å². The lowest BCUT2D eigenvalue weighted by molar-refractivity contribution is -0.155. The predicted molar refractivity (Wildman–Crippen MR) is 74.1 cm³/mol. The Morgan fingerprint density at radius 1 is 1.45 bits per heavy atom. The highest BCUT2D eigenvalue weighted by atomic mass is 16.5. The number of esters is 1. The van der Waals surface area contributed by atoms with Crippen LogP contribution in [0.25, 0.3) is 0 Å². The highest BCUT2D eigenvalue weighted by Crippen LogP contribution is 2.25. The molecule has 20 heavy (non-hydrogen) atoms. The van der Waals surface area contributed by atoms with Crippen LogP contribution < -0.4 is 5.32 Å². The van der Waals surface area contributed by atoms with E-state index in [1.165, 1.54) is 7.11 Å². The fraction of sp³-hybridized carbons (Fsp3) is 0.533. The number of carbonyl (C=O) groups is 1. The van der Waals surface area contributed by atoms with Gasteiger partial charge >= 0.3 is 5.97 Å². The SMILES string of the molecule is COC(=O)C1(C(O)COCc2ccccc2)CCCN1. The summed E-state index contributed by atoms with van der Waals surface area (Å²) < 4.78 is 10.3. The fourth-order valence-electron chi connectivity index (χ4n) is 2.55. The second-order valence-corrected chi connectivity index (χ2v) is 5.01. The second-order valence-electron chi connectivity index (χ2n) is 5.01. The molecular weight excluding hydrogens is 258 g/mol. The van der Waals surface area contributed by atoms with Gasteiger partial charge in [-0.2, -0.15) is 0 Å². The molecule has 2 unspecified atom stereocenters. The van der Waals surface area contributed by atoms with Gasteiger partial charge in [-0.25, -0.2) is 4.79 Å². The highest BCUT2D eigenvalue weighted by Gasteiger charge is 2.48. The average molecular weight is 279 g/mol. The summed E-state index contributed by atoms with van der Waals surface area (Å²) in [6.07, 6.45) is 0.488. The van der Waals surface area contributed by atoms with Crippen molar-refractivity contribution in [2.24, 2.45) is 0 Å². The Morgan fingerprint density at radius 3 is 2.80 bits per heavy atom. The van der Waals surface area contributed by atoms with Gasteiger partial charge in [0, 0.05) is 0 Å². The van der Waals surface area contributed by atoms with Gasteiger partial charge in [-0.15, -0.1) is 0 Å². The zero-order valence-corrected chi connectivity index (χ0v) is 11.7. The lowest BCUT2D eigenvalue weighted by atomic mass is 9.91. The Kier molecular flexibility index (Phi) is 5.11. The molecule has 0 saturated carbocycles. The van der Waals surface area contributed by atoms with Crippen LogP contribution in [0, 0.1) is 0 Å². The number of aliphatic hydroxyl groups is 1. The van der Waals surface area contributed by atoms with E-state index in [9.17, 15) is 9.90 Å². The molecule has 1 aromatic carbocycles. The summed E-state index contributed by atoms with van der Waals surface area (Å²) in [5, 5.41) is 13.4. The normalized spacial score (nSPS) is 23.5. The van der Waals surface area contributed by atoms with E-state index in [0.29, 0.717) is 19.6 Å². The quantitative estimate of drug-likeness (QED) is 0.756. The maximum atomic E-state index is 11.9. The molecule has 5 heteroatoms. The molecule has 0 bridgehead atoms. The molecule has 2 atom stereocenters. The van der Waals surface area contributed by atoms with Crippen molar-refractivity contribution in [2.45, 2.75) is 31.1 Å². The molecular formula is C15H21NO4. The Hall–Kier alpha value is -1.43. The topological polar surface area (TPSA) is 67.8 Å². The first kappa shape index (κ1) is 15.0.